The maximum absolute atomic E-state index is 5.59. The molecule has 1 fully saturated rings. The molecule has 0 amide bonds. The molecule has 0 spiro atoms. The molecule has 1 saturated heterocycles. The van der Waals surface area contributed by atoms with Crippen LogP contribution in [0.1, 0.15) is 19.3 Å². The Balaban J connectivity index is 1.55. The van der Waals surface area contributed by atoms with E-state index in [-0.39, 0.29) is 6.10 Å². The molecule has 0 saturated carbocycles. The van der Waals surface area contributed by atoms with E-state index in [0.29, 0.717) is 19.8 Å². The van der Waals surface area contributed by atoms with Crippen LogP contribution < -0.4 is 4.74 Å². The molecule has 1 atom stereocenters. The molecule has 0 aliphatic carbocycles. The van der Waals surface area contributed by atoms with E-state index >= 15 is 0 Å². The molecule has 0 N–H and O–H groups in total. The lowest BCUT2D eigenvalue weighted by molar-refractivity contribution is -0.0444. The topological polar surface area (TPSA) is 27.7 Å². The predicted molar refractivity (Wildman–Crippen MR) is 74.0 cm³/mol. The van der Waals surface area contributed by atoms with E-state index in [1.165, 1.54) is 12.8 Å². The van der Waals surface area contributed by atoms with Gasteiger partial charge in [-0.25, -0.2) is 0 Å². The number of hydrogen-bond donors (Lipinski definition) is 0. The summed E-state index contributed by atoms with van der Waals surface area (Å²) < 4.78 is 17.8. The van der Waals surface area contributed by atoms with E-state index in [0.717, 1.165) is 23.2 Å². The highest BCUT2D eigenvalue weighted by molar-refractivity contribution is 9.10. The largest absolute Gasteiger partial charge is 0.491 e. The van der Waals surface area contributed by atoms with Crippen molar-refractivity contribution in [3.63, 3.8) is 0 Å². The summed E-state index contributed by atoms with van der Waals surface area (Å²) in [6.45, 7) is 2.74. The van der Waals surface area contributed by atoms with E-state index in [1.54, 1.807) is 0 Å². The fourth-order valence-electron chi connectivity index (χ4n) is 1.93. The van der Waals surface area contributed by atoms with Crippen molar-refractivity contribution in [3.05, 3.63) is 28.7 Å². The summed E-state index contributed by atoms with van der Waals surface area (Å²) in [6, 6.07) is 7.82. The molecule has 0 bridgehead atoms. The van der Waals surface area contributed by atoms with Crippen molar-refractivity contribution < 1.29 is 14.2 Å². The third-order valence-corrected chi connectivity index (χ3v) is 3.36. The number of rotatable bonds is 6. The Bertz CT molecular complexity index is 351. The molecule has 1 heterocycles. The van der Waals surface area contributed by atoms with Gasteiger partial charge in [-0.2, -0.15) is 0 Å². The smallest absolute Gasteiger partial charge is 0.120 e. The van der Waals surface area contributed by atoms with Gasteiger partial charge in [0.15, 0.2) is 0 Å². The molecule has 3 nitrogen and oxygen atoms in total. The van der Waals surface area contributed by atoms with Gasteiger partial charge >= 0.3 is 0 Å². The first-order chi connectivity index (χ1) is 8.84. The van der Waals surface area contributed by atoms with Gasteiger partial charge in [0.25, 0.3) is 0 Å². The van der Waals surface area contributed by atoms with Crippen LogP contribution in [0.5, 0.6) is 5.75 Å². The Kier molecular flexibility index (Phi) is 5.97. The summed E-state index contributed by atoms with van der Waals surface area (Å²) in [6.07, 6.45) is 3.84. The summed E-state index contributed by atoms with van der Waals surface area (Å²) >= 11 is 3.41. The maximum atomic E-state index is 5.59. The summed E-state index contributed by atoms with van der Waals surface area (Å²) in [5, 5.41) is 0. The van der Waals surface area contributed by atoms with Crippen LogP contribution in [-0.2, 0) is 9.47 Å². The molecular formula is C14H19BrO3. The van der Waals surface area contributed by atoms with E-state index in [2.05, 4.69) is 15.9 Å². The second-order valence-corrected chi connectivity index (χ2v) is 5.29. The molecule has 0 radical (unpaired) electrons. The summed E-state index contributed by atoms with van der Waals surface area (Å²) in [7, 11) is 0. The first kappa shape index (κ1) is 13.8. The minimum absolute atomic E-state index is 0.282. The van der Waals surface area contributed by atoms with Crippen LogP contribution in [0.3, 0.4) is 0 Å². The molecule has 1 aliphatic rings. The van der Waals surface area contributed by atoms with Crippen LogP contribution in [0.2, 0.25) is 0 Å². The van der Waals surface area contributed by atoms with E-state index < -0.39 is 0 Å². The van der Waals surface area contributed by atoms with E-state index in [4.69, 9.17) is 14.2 Å². The Morgan fingerprint density at radius 2 is 2.22 bits per heavy atom. The Morgan fingerprint density at radius 1 is 1.28 bits per heavy atom. The second-order valence-electron chi connectivity index (χ2n) is 4.37. The highest BCUT2D eigenvalue weighted by Crippen LogP contribution is 2.17. The molecule has 2 rings (SSSR count). The van der Waals surface area contributed by atoms with Gasteiger partial charge in [-0.3, -0.25) is 0 Å². The fourth-order valence-corrected chi connectivity index (χ4v) is 2.31. The zero-order chi connectivity index (χ0) is 12.6. The second kappa shape index (κ2) is 7.77. The van der Waals surface area contributed by atoms with Crippen LogP contribution in [0.4, 0.5) is 0 Å². The molecule has 0 aromatic heterocycles. The molecule has 1 aromatic carbocycles. The normalized spacial score (nSPS) is 19.7. The average Bonchev–Trinajstić information content (AvgIpc) is 2.40. The summed E-state index contributed by atoms with van der Waals surface area (Å²) in [5.41, 5.74) is 0. The minimum atomic E-state index is 0.282. The van der Waals surface area contributed by atoms with E-state index in [9.17, 15) is 0 Å². The van der Waals surface area contributed by atoms with Gasteiger partial charge in [-0.05, 0) is 37.5 Å². The van der Waals surface area contributed by atoms with Crippen LogP contribution in [0, 0.1) is 0 Å². The summed E-state index contributed by atoms with van der Waals surface area (Å²) in [5.74, 6) is 0.863. The standard InChI is InChI=1S/C14H19BrO3/c15-12-4-3-6-13(10-12)18-9-8-16-11-14-5-1-2-7-17-14/h3-4,6,10,14H,1-2,5,7-9,11H2. The molecular weight excluding hydrogens is 296 g/mol. The van der Waals surface area contributed by atoms with Crippen molar-refractivity contribution in [1.82, 2.24) is 0 Å². The predicted octanol–water partition coefficient (Wildman–Crippen LogP) is 3.41. The first-order valence-corrected chi connectivity index (χ1v) is 7.21. The molecule has 100 valence electrons. The van der Waals surface area contributed by atoms with Gasteiger partial charge in [0.1, 0.15) is 12.4 Å². The monoisotopic (exact) mass is 314 g/mol. The van der Waals surface area contributed by atoms with Crippen LogP contribution in [0.25, 0.3) is 0 Å². The highest BCUT2D eigenvalue weighted by atomic mass is 79.9. The minimum Gasteiger partial charge on any atom is -0.491 e. The van der Waals surface area contributed by atoms with Crippen LogP contribution >= 0.6 is 15.9 Å². The molecule has 1 aromatic rings. The molecule has 18 heavy (non-hydrogen) atoms. The Morgan fingerprint density at radius 3 is 3.00 bits per heavy atom. The number of hydrogen-bond acceptors (Lipinski definition) is 3. The van der Waals surface area contributed by atoms with Crippen molar-refractivity contribution in [3.8, 4) is 5.75 Å². The average molecular weight is 315 g/mol. The lowest BCUT2D eigenvalue weighted by atomic mass is 10.1. The van der Waals surface area contributed by atoms with Crippen molar-refractivity contribution in [2.24, 2.45) is 0 Å². The van der Waals surface area contributed by atoms with Gasteiger partial charge < -0.3 is 14.2 Å². The van der Waals surface area contributed by atoms with Crippen molar-refractivity contribution in [1.29, 1.82) is 0 Å². The Hall–Kier alpha value is -0.580. The first-order valence-electron chi connectivity index (χ1n) is 6.42. The number of ether oxygens (including phenoxy) is 3. The van der Waals surface area contributed by atoms with Gasteiger partial charge in [0.05, 0.1) is 19.3 Å². The zero-order valence-electron chi connectivity index (χ0n) is 10.4. The third kappa shape index (κ3) is 4.96. The zero-order valence-corrected chi connectivity index (χ0v) is 12.0. The number of halogens is 1. The van der Waals surface area contributed by atoms with Crippen LogP contribution in [0.15, 0.2) is 28.7 Å². The highest BCUT2D eigenvalue weighted by Gasteiger charge is 2.13. The van der Waals surface area contributed by atoms with Gasteiger partial charge in [0, 0.05) is 11.1 Å². The number of benzene rings is 1. The molecule has 1 unspecified atom stereocenters. The van der Waals surface area contributed by atoms with E-state index in [1.807, 2.05) is 24.3 Å². The summed E-state index contributed by atoms with van der Waals surface area (Å²) in [4.78, 5) is 0. The van der Waals surface area contributed by atoms with Crippen molar-refractivity contribution in [2.75, 3.05) is 26.4 Å². The van der Waals surface area contributed by atoms with Crippen LogP contribution in [-0.4, -0.2) is 32.5 Å². The van der Waals surface area contributed by atoms with Gasteiger partial charge in [-0.1, -0.05) is 22.0 Å². The quantitative estimate of drug-likeness (QED) is 0.753. The third-order valence-electron chi connectivity index (χ3n) is 2.87. The molecule has 4 heteroatoms. The lowest BCUT2D eigenvalue weighted by Crippen LogP contribution is -2.25. The van der Waals surface area contributed by atoms with Crippen molar-refractivity contribution >= 4 is 15.9 Å². The molecule has 1 aliphatic heterocycles. The lowest BCUT2D eigenvalue weighted by Gasteiger charge is -2.22. The maximum Gasteiger partial charge on any atom is 0.120 e. The van der Waals surface area contributed by atoms with Crippen molar-refractivity contribution in [2.45, 2.75) is 25.4 Å². The fraction of sp³-hybridized carbons (Fsp3) is 0.571. The Labute approximate surface area is 117 Å². The van der Waals surface area contributed by atoms with Gasteiger partial charge in [0.2, 0.25) is 0 Å². The van der Waals surface area contributed by atoms with Gasteiger partial charge in [-0.15, -0.1) is 0 Å². The SMILES string of the molecule is Brc1cccc(OCCOCC2CCCCO2)c1.